The summed E-state index contributed by atoms with van der Waals surface area (Å²) < 4.78 is 33.7. The number of esters is 2. The van der Waals surface area contributed by atoms with Crippen molar-refractivity contribution in [2.24, 2.45) is 0 Å². The van der Waals surface area contributed by atoms with Crippen LogP contribution in [-0.4, -0.2) is 70.0 Å². The van der Waals surface area contributed by atoms with E-state index in [1.54, 1.807) is 0 Å². The molecule has 0 aromatic heterocycles. The molecule has 0 aliphatic carbocycles. The van der Waals surface area contributed by atoms with Crippen LogP contribution in [0.4, 0.5) is 0 Å². The molecule has 0 amide bonds. The predicted octanol–water partition coefficient (Wildman–Crippen LogP) is 8.99. The van der Waals surface area contributed by atoms with Gasteiger partial charge < -0.3 is 27.9 Å². The third kappa shape index (κ3) is 34.2. The van der Waals surface area contributed by atoms with Gasteiger partial charge >= 0.3 is 11.9 Å². The lowest BCUT2D eigenvalue weighted by Crippen LogP contribution is -2.37. The molecule has 0 radical (unpaired) electrons. The van der Waals surface area contributed by atoms with Crippen molar-refractivity contribution in [2.45, 2.75) is 155 Å². The van der Waals surface area contributed by atoms with E-state index >= 15 is 0 Å². The average Bonchev–Trinajstić information content (AvgIpc) is 3.01. The van der Waals surface area contributed by atoms with Gasteiger partial charge in [0.15, 0.2) is 6.10 Å². The van der Waals surface area contributed by atoms with Crippen molar-refractivity contribution < 1.29 is 42.1 Å². The summed E-state index contributed by atoms with van der Waals surface area (Å²) in [5.41, 5.74) is 0. The number of ether oxygens (including phenoxy) is 2. The molecule has 2 unspecified atom stereocenters. The number of phosphoric ester groups is 1. The van der Waals surface area contributed by atoms with Gasteiger partial charge in [-0.2, -0.15) is 0 Å². The quantitative estimate of drug-likeness (QED) is 0.0221. The molecule has 0 aromatic carbocycles. The topological polar surface area (TPSA) is 111 Å². The van der Waals surface area contributed by atoms with E-state index in [4.69, 9.17) is 18.5 Å². The van der Waals surface area contributed by atoms with E-state index in [0.717, 1.165) is 64.2 Å². The molecule has 276 valence electrons. The Kier molecular flexibility index (Phi) is 29.6. The number of carbonyl (C=O) groups is 2. The normalized spacial score (nSPS) is 14.1. The fraction of sp³-hybridized carbons (Fsp3) is 0.838. The van der Waals surface area contributed by atoms with Gasteiger partial charge in [0.1, 0.15) is 19.8 Å². The van der Waals surface area contributed by atoms with E-state index in [-0.39, 0.29) is 26.1 Å². The highest BCUT2D eigenvalue weighted by atomic mass is 31.2. The molecule has 0 saturated carbocycles. The van der Waals surface area contributed by atoms with Gasteiger partial charge in [0.2, 0.25) is 0 Å². The first-order valence-corrected chi connectivity index (χ1v) is 20.0. The largest absolute Gasteiger partial charge is 0.756 e. The molecule has 0 bridgehead atoms. The maximum atomic E-state index is 12.6. The van der Waals surface area contributed by atoms with Gasteiger partial charge in [0.25, 0.3) is 7.82 Å². The van der Waals surface area contributed by atoms with E-state index in [1.807, 2.05) is 21.1 Å². The fourth-order valence-electron chi connectivity index (χ4n) is 4.75. The van der Waals surface area contributed by atoms with E-state index in [9.17, 15) is 19.0 Å². The molecule has 0 spiro atoms. The number of hydrogen-bond acceptors (Lipinski definition) is 8. The minimum Gasteiger partial charge on any atom is -0.756 e. The zero-order valence-corrected chi connectivity index (χ0v) is 31.6. The third-order valence-electron chi connectivity index (χ3n) is 7.71. The Bertz CT molecular complexity index is 871. The lowest BCUT2D eigenvalue weighted by atomic mass is 10.1. The molecular formula is C37H70NO8P. The van der Waals surface area contributed by atoms with Crippen molar-refractivity contribution in [3.05, 3.63) is 24.3 Å². The summed E-state index contributed by atoms with van der Waals surface area (Å²) in [7, 11) is 1.15. The zero-order chi connectivity index (χ0) is 35.1. The fourth-order valence-corrected chi connectivity index (χ4v) is 5.48. The summed E-state index contributed by atoms with van der Waals surface area (Å²) in [4.78, 5) is 37.2. The molecule has 0 fully saturated rings. The van der Waals surface area contributed by atoms with Crippen LogP contribution in [0.5, 0.6) is 0 Å². The van der Waals surface area contributed by atoms with Crippen LogP contribution >= 0.6 is 7.82 Å². The summed E-state index contributed by atoms with van der Waals surface area (Å²) in [6.45, 7) is 4.11. The van der Waals surface area contributed by atoms with Gasteiger partial charge in [0.05, 0.1) is 27.7 Å². The summed E-state index contributed by atoms with van der Waals surface area (Å²) in [6.07, 6.45) is 29.2. The molecule has 0 aliphatic rings. The SMILES string of the molecule is CCC/C=C\C/C=C\CCCCCCCC(=O)OC(COC(=O)CCCCCCCCCCCC)COP(=O)([O-])OCC[N+](C)(C)C. The van der Waals surface area contributed by atoms with Gasteiger partial charge in [-0.1, -0.05) is 122 Å². The van der Waals surface area contributed by atoms with Gasteiger partial charge in [0, 0.05) is 12.8 Å². The second-order valence-electron chi connectivity index (χ2n) is 13.6. The summed E-state index contributed by atoms with van der Waals surface area (Å²) >= 11 is 0. The van der Waals surface area contributed by atoms with E-state index in [2.05, 4.69) is 38.2 Å². The van der Waals surface area contributed by atoms with Crippen molar-refractivity contribution in [1.82, 2.24) is 0 Å². The maximum absolute atomic E-state index is 12.6. The van der Waals surface area contributed by atoms with Crippen molar-refractivity contribution >= 4 is 19.8 Å². The molecule has 10 heteroatoms. The predicted molar refractivity (Wildman–Crippen MR) is 190 cm³/mol. The molecule has 0 heterocycles. The molecule has 2 atom stereocenters. The van der Waals surface area contributed by atoms with Crippen LogP contribution in [0, 0.1) is 0 Å². The van der Waals surface area contributed by atoms with Crippen LogP contribution in [0.2, 0.25) is 0 Å². The van der Waals surface area contributed by atoms with Crippen LogP contribution in [-0.2, 0) is 32.7 Å². The Morgan fingerprint density at radius 2 is 1.19 bits per heavy atom. The lowest BCUT2D eigenvalue weighted by Gasteiger charge is -2.28. The molecule has 0 N–H and O–H groups in total. The van der Waals surface area contributed by atoms with E-state index in [0.29, 0.717) is 17.4 Å². The third-order valence-corrected chi connectivity index (χ3v) is 8.67. The number of allylic oxidation sites excluding steroid dienone is 4. The van der Waals surface area contributed by atoms with Crippen LogP contribution in [0.25, 0.3) is 0 Å². The van der Waals surface area contributed by atoms with E-state index < -0.39 is 32.5 Å². The highest BCUT2D eigenvalue weighted by Gasteiger charge is 2.21. The first-order chi connectivity index (χ1) is 22.5. The van der Waals surface area contributed by atoms with Gasteiger partial charge in [-0.25, -0.2) is 0 Å². The highest BCUT2D eigenvalue weighted by molar-refractivity contribution is 7.45. The van der Waals surface area contributed by atoms with Crippen LogP contribution in [0.15, 0.2) is 24.3 Å². The maximum Gasteiger partial charge on any atom is 0.306 e. The number of nitrogens with zero attached hydrogens (tertiary/aromatic N) is 1. The number of rotatable bonds is 33. The Hall–Kier alpha value is -1.51. The average molecular weight is 688 g/mol. The van der Waals surface area contributed by atoms with Gasteiger partial charge in [-0.3, -0.25) is 14.2 Å². The minimum atomic E-state index is -4.61. The Morgan fingerprint density at radius 3 is 1.77 bits per heavy atom. The summed E-state index contributed by atoms with van der Waals surface area (Å²) in [5, 5.41) is 0. The molecule has 9 nitrogen and oxygen atoms in total. The Labute approximate surface area is 288 Å². The number of likely N-dealkylation sites (N-methyl/N-ethyl adjacent to an activating group) is 1. The second-order valence-corrected chi connectivity index (χ2v) is 15.0. The first kappa shape index (κ1) is 45.5. The van der Waals surface area contributed by atoms with Crippen LogP contribution < -0.4 is 4.89 Å². The van der Waals surface area contributed by atoms with Crippen molar-refractivity contribution in [3.63, 3.8) is 0 Å². The minimum absolute atomic E-state index is 0.0325. The van der Waals surface area contributed by atoms with Crippen molar-refractivity contribution in [1.29, 1.82) is 0 Å². The monoisotopic (exact) mass is 687 g/mol. The molecule has 47 heavy (non-hydrogen) atoms. The Morgan fingerprint density at radius 1 is 0.660 bits per heavy atom. The molecular weight excluding hydrogens is 617 g/mol. The van der Waals surface area contributed by atoms with E-state index in [1.165, 1.54) is 51.4 Å². The van der Waals surface area contributed by atoms with Gasteiger partial charge in [-0.15, -0.1) is 0 Å². The van der Waals surface area contributed by atoms with Crippen LogP contribution in [0.1, 0.15) is 149 Å². The zero-order valence-electron chi connectivity index (χ0n) is 30.7. The van der Waals surface area contributed by atoms with Crippen LogP contribution in [0.3, 0.4) is 0 Å². The number of quaternary nitrogens is 1. The number of hydrogen-bond donors (Lipinski definition) is 0. The molecule has 0 rings (SSSR count). The van der Waals surface area contributed by atoms with Crippen molar-refractivity contribution in [3.8, 4) is 0 Å². The lowest BCUT2D eigenvalue weighted by molar-refractivity contribution is -0.870. The summed E-state index contributed by atoms with van der Waals surface area (Å²) in [6, 6.07) is 0. The van der Waals surface area contributed by atoms with Gasteiger partial charge in [-0.05, 0) is 38.5 Å². The number of carbonyl (C=O) groups excluding carboxylic acids is 2. The first-order valence-electron chi connectivity index (χ1n) is 18.5. The standard InChI is InChI=1S/C37H70NO8P/c1-6-8-10-12-14-16-18-19-20-22-24-26-28-30-37(40)46-35(34-45-47(41,42)44-32-31-38(3,4)5)33-43-36(39)29-27-25-23-21-17-15-13-11-9-7-2/h10,12,16,18,35H,6-9,11,13-15,17,19-34H2,1-5H3/b12-10-,18-16-. The smallest absolute Gasteiger partial charge is 0.306 e. The Balaban J connectivity index is 4.48. The molecule has 0 aromatic rings. The molecule has 0 aliphatic heterocycles. The number of unbranched alkanes of at least 4 members (excludes halogenated alkanes) is 15. The highest BCUT2D eigenvalue weighted by Crippen LogP contribution is 2.38. The number of phosphoric acid groups is 1. The summed E-state index contributed by atoms with van der Waals surface area (Å²) in [5.74, 6) is -0.854. The van der Waals surface area contributed by atoms with Crippen molar-refractivity contribution in [2.75, 3.05) is 47.5 Å². The molecule has 0 saturated heterocycles. The second kappa shape index (κ2) is 30.5.